The minimum Gasteiger partial charge on any atom is -0.393 e. The maximum atomic E-state index is 10.8. The van der Waals surface area contributed by atoms with Crippen molar-refractivity contribution in [2.24, 2.45) is 34.5 Å². The van der Waals surface area contributed by atoms with Crippen LogP contribution in [0.3, 0.4) is 0 Å². The van der Waals surface area contributed by atoms with E-state index in [9.17, 15) is 10.2 Å². The van der Waals surface area contributed by atoms with E-state index in [1.807, 2.05) is 0 Å². The average molecular weight is 351 g/mol. The molecule has 0 heterocycles. The molecule has 4 rings (SSSR count). The molecule has 0 unspecified atom stereocenters. The summed E-state index contributed by atoms with van der Waals surface area (Å²) in [5, 5.41) is 23.7. The van der Waals surface area contributed by atoms with E-state index in [1.54, 1.807) is 0 Å². The summed E-state index contributed by atoms with van der Waals surface area (Å²) < 4.78 is 0. The third kappa shape index (κ3) is 2.31. The first kappa shape index (κ1) is 17.2. The second-order valence-corrected chi connectivity index (χ2v) is 9.94. The summed E-state index contributed by atoms with van der Waals surface area (Å²) in [5.41, 5.74) is -0.382. The summed E-state index contributed by atoms with van der Waals surface area (Å²) in [5.74, 6) is 5.66. The van der Waals surface area contributed by atoms with Crippen LogP contribution >= 0.6 is 11.6 Å². The summed E-state index contributed by atoms with van der Waals surface area (Å²) in [7, 11) is 0. The first-order chi connectivity index (χ1) is 11.3. The molecule has 4 aliphatic carbocycles. The standard InChI is InChI=1S/C21H31ClO2/c1-19-9-10-21(24,11-12-22)13-14(19)3-4-15-16-5-6-18(23)20(16,2)8-7-17(15)19/h14-18,23-24H,3-10,13H2,1-2H3/t14-,15+,16+,17+,18-,19-,20-,21+/m0/s1. The Hall–Kier alpha value is -0.230. The van der Waals surface area contributed by atoms with Crippen molar-refractivity contribution < 1.29 is 10.2 Å². The number of aliphatic hydroxyl groups excluding tert-OH is 1. The van der Waals surface area contributed by atoms with Gasteiger partial charge in [0.1, 0.15) is 5.60 Å². The van der Waals surface area contributed by atoms with Gasteiger partial charge in [-0.25, -0.2) is 0 Å². The molecule has 0 aromatic heterocycles. The number of hydrogen-bond acceptors (Lipinski definition) is 2. The maximum Gasteiger partial charge on any atom is 0.127 e. The lowest BCUT2D eigenvalue weighted by molar-refractivity contribution is -0.143. The Morgan fingerprint density at radius 3 is 2.42 bits per heavy atom. The molecule has 0 bridgehead atoms. The predicted octanol–water partition coefficient (Wildman–Crippen LogP) is 4.32. The van der Waals surface area contributed by atoms with E-state index in [0.29, 0.717) is 17.3 Å². The lowest BCUT2D eigenvalue weighted by Gasteiger charge is -2.61. The lowest BCUT2D eigenvalue weighted by Crippen LogP contribution is -2.56. The van der Waals surface area contributed by atoms with E-state index >= 15 is 0 Å². The van der Waals surface area contributed by atoms with Crippen LogP contribution in [0.2, 0.25) is 0 Å². The van der Waals surface area contributed by atoms with Gasteiger partial charge in [0.25, 0.3) is 0 Å². The quantitative estimate of drug-likeness (QED) is 0.639. The molecule has 0 aliphatic heterocycles. The largest absolute Gasteiger partial charge is 0.393 e. The third-order valence-electron chi connectivity index (χ3n) is 8.96. The molecular weight excluding hydrogens is 320 g/mol. The van der Waals surface area contributed by atoms with E-state index < -0.39 is 5.60 Å². The van der Waals surface area contributed by atoms with Crippen LogP contribution < -0.4 is 0 Å². The van der Waals surface area contributed by atoms with Crippen molar-refractivity contribution in [3.05, 3.63) is 0 Å². The molecule has 8 atom stereocenters. The molecule has 4 saturated carbocycles. The van der Waals surface area contributed by atoms with Gasteiger partial charge in [-0.1, -0.05) is 19.8 Å². The first-order valence-corrected chi connectivity index (χ1v) is 10.2. The summed E-state index contributed by atoms with van der Waals surface area (Å²) in [6, 6.07) is 0. The van der Waals surface area contributed by atoms with Crippen LogP contribution in [0.5, 0.6) is 0 Å². The van der Waals surface area contributed by atoms with Crippen molar-refractivity contribution in [3.8, 4) is 11.3 Å². The van der Waals surface area contributed by atoms with Crippen LogP contribution in [0.15, 0.2) is 0 Å². The fraction of sp³-hybridized carbons (Fsp3) is 0.905. The van der Waals surface area contributed by atoms with Crippen LogP contribution in [-0.2, 0) is 0 Å². The molecule has 24 heavy (non-hydrogen) atoms. The Morgan fingerprint density at radius 2 is 1.67 bits per heavy atom. The Bertz CT molecular complexity index is 580. The molecule has 3 heteroatoms. The molecule has 2 N–H and O–H groups in total. The highest BCUT2D eigenvalue weighted by atomic mass is 35.5. The summed E-state index contributed by atoms with van der Waals surface area (Å²) >= 11 is 5.59. The molecule has 4 fully saturated rings. The van der Waals surface area contributed by atoms with Gasteiger partial charge < -0.3 is 10.2 Å². The van der Waals surface area contributed by atoms with Crippen molar-refractivity contribution in [2.45, 2.75) is 83.3 Å². The molecule has 0 saturated heterocycles. The Morgan fingerprint density at radius 1 is 0.917 bits per heavy atom. The van der Waals surface area contributed by atoms with Gasteiger partial charge in [-0.2, -0.15) is 0 Å². The van der Waals surface area contributed by atoms with Gasteiger partial charge in [0.2, 0.25) is 0 Å². The molecule has 0 radical (unpaired) electrons. The van der Waals surface area contributed by atoms with Crippen LogP contribution in [0.4, 0.5) is 0 Å². The van der Waals surface area contributed by atoms with Crippen LogP contribution in [0.25, 0.3) is 0 Å². The van der Waals surface area contributed by atoms with Crippen molar-refractivity contribution >= 4 is 11.6 Å². The first-order valence-electron chi connectivity index (χ1n) is 9.86. The Balaban J connectivity index is 1.60. The highest BCUT2D eigenvalue weighted by Gasteiger charge is 2.61. The number of rotatable bonds is 0. The third-order valence-corrected chi connectivity index (χ3v) is 9.05. The van der Waals surface area contributed by atoms with E-state index in [4.69, 9.17) is 11.6 Å². The smallest absolute Gasteiger partial charge is 0.127 e. The van der Waals surface area contributed by atoms with E-state index in [-0.39, 0.29) is 11.5 Å². The molecule has 0 aromatic carbocycles. The van der Waals surface area contributed by atoms with Gasteiger partial charge in [-0.3, -0.25) is 0 Å². The van der Waals surface area contributed by atoms with Crippen LogP contribution in [0.1, 0.15) is 71.6 Å². The highest BCUT2D eigenvalue weighted by Crippen LogP contribution is 2.66. The van der Waals surface area contributed by atoms with Gasteiger partial charge in [-0.15, -0.1) is 0 Å². The molecular formula is C21H31ClO2. The zero-order chi connectivity index (χ0) is 17.2. The van der Waals surface area contributed by atoms with Gasteiger partial charge in [0.05, 0.1) is 6.10 Å². The topological polar surface area (TPSA) is 40.5 Å². The van der Waals surface area contributed by atoms with Gasteiger partial charge in [0.15, 0.2) is 0 Å². The summed E-state index contributed by atoms with van der Waals surface area (Å²) in [6.07, 6.45) is 9.61. The van der Waals surface area contributed by atoms with Crippen molar-refractivity contribution in [1.29, 1.82) is 0 Å². The van der Waals surface area contributed by atoms with Crippen LogP contribution in [-0.4, -0.2) is 21.9 Å². The van der Waals surface area contributed by atoms with Gasteiger partial charge in [0, 0.05) is 5.38 Å². The monoisotopic (exact) mass is 350 g/mol. The molecule has 134 valence electrons. The second-order valence-electron chi connectivity index (χ2n) is 9.75. The Kier molecular flexibility index (Phi) is 4.04. The van der Waals surface area contributed by atoms with Crippen molar-refractivity contribution in [1.82, 2.24) is 0 Å². The Labute approximate surface area is 151 Å². The predicted molar refractivity (Wildman–Crippen MR) is 96.3 cm³/mol. The van der Waals surface area contributed by atoms with Crippen molar-refractivity contribution in [2.75, 3.05) is 0 Å². The molecule has 2 nitrogen and oxygen atoms in total. The SMILES string of the molecule is C[C@]12CC[C@@](O)(C#CCl)C[C@@H]1CC[C@H]1[C@H]2CC[C@@]2(C)[C@@H]1CC[C@@H]2O. The summed E-state index contributed by atoms with van der Waals surface area (Å²) in [6.45, 7) is 4.83. The fourth-order valence-electron chi connectivity index (χ4n) is 7.42. The number of halogens is 1. The zero-order valence-corrected chi connectivity index (χ0v) is 15.8. The summed E-state index contributed by atoms with van der Waals surface area (Å²) in [4.78, 5) is 0. The van der Waals surface area contributed by atoms with E-state index in [1.165, 1.54) is 32.1 Å². The number of hydrogen-bond donors (Lipinski definition) is 2. The number of fused-ring (bicyclic) bond motifs is 5. The average Bonchev–Trinajstić information content (AvgIpc) is 2.84. The second kappa shape index (κ2) is 5.63. The minimum atomic E-state index is -0.870. The lowest BCUT2D eigenvalue weighted by atomic mass is 9.44. The van der Waals surface area contributed by atoms with Gasteiger partial charge in [-0.05, 0) is 104 Å². The minimum absolute atomic E-state index is 0.0931. The molecule has 0 amide bonds. The van der Waals surface area contributed by atoms with E-state index in [0.717, 1.165) is 37.5 Å². The molecule has 4 aliphatic rings. The fourth-order valence-corrected chi connectivity index (χ4v) is 7.60. The molecule has 0 aromatic rings. The van der Waals surface area contributed by atoms with E-state index in [2.05, 4.69) is 25.1 Å². The zero-order valence-electron chi connectivity index (χ0n) is 15.0. The highest BCUT2D eigenvalue weighted by molar-refractivity contribution is 6.30. The number of aliphatic hydroxyl groups is 2. The van der Waals surface area contributed by atoms with Crippen molar-refractivity contribution in [3.63, 3.8) is 0 Å². The maximum absolute atomic E-state index is 10.8. The van der Waals surface area contributed by atoms with Gasteiger partial charge >= 0.3 is 0 Å². The normalized spacial score (nSPS) is 56.5. The van der Waals surface area contributed by atoms with Crippen LogP contribution in [0, 0.1) is 45.8 Å². The molecule has 0 spiro atoms.